The molecule has 3 N–H and O–H groups in total. The summed E-state index contributed by atoms with van der Waals surface area (Å²) in [4.78, 5) is 15.7. The number of anilines is 1. The number of carbonyl (C=O) groups is 1. The minimum atomic E-state index is -0.513. The summed E-state index contributed by atoms with van der Waals surface area (Å²) in [6.07, 6.45) is 2.40. The maximum Gasteiger partial charge on any atom is 0.407 e. The monoisotopic (exact) mass is 323 g/mol. The topological polar surface area (TPSA) is 77.2 Å². The van der Waals surface area contributed by atoms with Crippen LogP contribution in [0.4, 0.5) is 10.6 Å². The summed E-state index contributed by atoms with van der Waals surface area (Å²) in [5.41, 5.74) is 5.71. The van der Waals surface area contributed by atoms with Crippen molar-refractivity contribution in [1.82, 2.24) is 10.3 Å². The molecule has 0 saturated heterocycles. The van der Waals surface area contributed by atoms with Gasteiger partial charge in [0, 0.05) is 24.2 Å². The number of halogens is 1. The normalized spacial score (nSPS) is 12.0. The van der Waals surface area contributed by atoms with E-state index in [9.17, 15) is 4.79 Å². The Morgan fingerprint density at radius 3 is 2.77 bits per heavy atom. The minimum Gasteiger partial charge on any atom is -0.444 e. The fraction of sp³-hybridized carbons (Fsp3) is 0.500. The van der Waals surface area contributed by atoms with Crippen LogP contribution in [0.25, 0.3) is 0 Å². The number of rotatable bonds is 3. The number of alkyl carbamates (subject to hydrolysis) is 1. The third-order valence-corrected chi connectivity index (χ3v) is 2.97. The van der Waals surface area contributed by atoms with Crippen molar-refractivity contribution in [3.05, 3.63) is 22.8 Å². The molecule has 1 heterocycles. The molecule has 1 amide bonds. The number of amides is 1. The summed E-state index contributed by atoms with van der Waals surface area (Å²) in [6, 6.07) is 1.60. The highest BCUT2D eigenvalue weighted by Gasteiger charge is 2.18. The Morgan fingerprint density at radius 2 is 2.23 bits per heavy atom. The van der Waals surface area contributed by atoms with Crippen molar-refractivity contribution in [2.75, 3.05) is 5.73 Å². The second-order valence-corrected chi connectivity index (χ2v) is 6.26. The van der Waals surface area contributed by atoms with E-state index in [1.165, 1.54) is 0 Å². The number of nitrogens with zero attached hydrogens (tertiary/aromatic N) is 1. The third kappa shape index (κ3) is 6.68. The Morgan fingerprint density at radius 1 is 1.55 bits per heavy atom. The van der Waals surface area contributed by atoms with Crippen molar-refractivity contribution >= 4 is 23.5 Å². The van der Waals surface area contributed by atoms with Crippen LogP contribution in [0.2, 0.25) is 5.02 Å². The highest BCUT2D eigenvalue weighted by atomic mass is 35.5. The van der Waals surface area contributed by atoms with Crippen molar-refractivity contribution in [3.63, 3.8) is 0 Å². The summed E-state index contributed by atoms with van der Waals surface area (Å²) in [7, 11) is 0. The van der Waals surface area contributed by atoms with E-state index in [1.54, 1.807) is 12.3 Å². The maximum atomic E-state index is 11.7. The number of nitrogens with one attached hydrogen (secondary N) is 1. The molecule has 120 valence electrons. The molecule has 0 aromatic carbocycles. The van der Waals surface area contributed by atoms with Gasteiger partial charge in [0.05, 0.1) is 5.02 Å². The summed E-state index contributed by atoms with van der Waals surface area (Å²) in [6.45, 7) is 7.45. The summed E-state index contributed by atoms with van der Waals surface area (Å²) >= 11 is 5.88. The standard InChI is InChI=1S/C16H22ClN3O2/c1-5-12(20-15(21)22-16(2,3)4)8-6-7-11-9-13(17)14(18)19-10-11/h9-10,12H,5,8H2,1-4H3,(H2,18,19)(H,20,21)/t12-/m0/s1. The lowest BCUT2D eigenvalue weighted by atomic mass is 10.1. The second kappa shape index (κ2) is 7.90. The number of carbonyl (C=O) groups excluding carboxylic acids is 1. The van der Waals surface area contributed by atoms with E-state index < -0.39 is 11.7 Å². The van der Waals surface area contributed by atoms with Crippen LogP contribution < -0.4 is 11.1 Å². The number of nitrogen functional groups attached to an aromatic ring is 1. The molecule has 0 saturated carbocycles. The summed E-state index contributed by atoms with van der Waals surface area (Å²) < 4.78 is 5.22. The SMILES string of the molecule is CC[C@@H](CC#Cc1cnc(N)c(Cl)c1)NC(=O)OC(C)(C)C. The van der Waals surface area contributed by atoms with Gasteiger partial charge in [-0.15, -0.1) is 0 Å². The molecule has 0 aliphatic heterocycles. The number of hydrogen-bond acceptors (Lipinski definition) is 4. The largest absolute Gasteiger partial charge is 0.444 e. The first-order valence-corrected chi connectivity index (χ1v) is 7.48. The van der Waals surface area contributed by atoms with Crippen molar-refractivity contribution < 1.29 is 9.53 Å². The Hall–Kier alpha value is -1.93. The Kier molecular flexibility index (Phi) is 6.51. The highest BCUT2D eigenvalue weighted by molar-refractivity contribution is 6.32. The van der Waals surface area contributed by atoms with Crippen LogP contribution in [-0.2, 0) is 4.74 Å². The quantitative estimate of drug-likeness (QED) is 0.836. The van der Waals surface area contributed by atoms with Gasteiger partial charge >= 0.3 is 6.09 Å². The first kappa shape index (κ1) is 18.1. The van der Waals surface area contributed by atoms with Crippen molar-refractivity contribution in [3.8, 4) is 11.8 Å². The average Bonchev–Trinajstić information content (AvgIpc) is 2.39. The molecular weight excluding hydrogens is 302 g/mol. The molecule has 0 radical (unpaired) electrons. The molecule has 1 aromatic heterocycles. The van der Waals surface area contributed by atoms with Crippen LogP contribution in [0.3, 0.4) is 0 Å². The first-order valence-electron chi connectivity index (χ1n) is 7.10. The van der Waals surface area contributed by atoms with Crippen LogP contribution in [0, 0.1) is 11.8 Å². The van der Waals surface area contributed by atoms with Gasteiger partial charge in [0.15, 0.2) is 0 Å². The number of nitrogens with two attached hydrogens (primary N) is 1. The second-order valence-electron chi connectivity index (χ2n) is 5.85. The molecule has 1 rings (SSSR count). The lowest BCUT2D eigenvalue weighted by Crippen LogP contribution is -2.38. The summed E-state index contributed by atoms with van der Waals surface area (Å²) in [5, 5.41) is 3.18. The molecule has 6 heteroatoms. The Labute approximate surface area is 136 Å². The molecule has 1 aromatic rings. The first-order chi connectivity index (χ1) is 10.2. The molecule has 0 fully saturated rings. The fourth-order valence-electron chi connectivity index (χ4n) is 1.56. The van der Waals surface area contributed by atoms with Crippen molar-refractivity contribution in [1.29, 1.82) is 0 Å². The molecule has 5 nitrogen and oxygen atoms in total. The Bertz CT molecular complexity index is 585. The molecule has 1 atom stereocenters. The van der Waals surface area contributed by atoms with Crippen LogP contribution in [0.5, 0.6) is 0 Å². The van der Waals surface area contributed by atoms with Crippen LogP contribution in [-0.4, -0.2) is 22.7 Å². The molecule has 0 spiro atoms. The van der Waals surface area contributed by atoms with Gasteiger partial charge in [-0.2, -0.15) is 0 Å². The average molecular weight is 324 g/mol. The zero-order chi connectivity index (χ0) is 16.8. The predicted octanol–water partition coefficient (Wildman–Crippen LogP) is 3.36. The van der Waals surface area contributed by atoms with Crippen molar-refractivity contribution in [2.24, 2.45) is 0 Å². The van der Waals surface area contributed by atoms with Crippen LogP contribution in [0.15, 0.2) is 12.3 Å². The minimum absolute atomic E-state index is 0.0698. The van der Waals surface area contributed by atoms with Gasteiger partial charge in [0.1, 0.15) is 11.4 Å². The number of ether oxygens (including phenoxy) is 1. The van der Waals surface area contributed by atoms with Gasteiger partial charge in [0.2, 0.25) is 0 Å². The smallest absolute Gasteiger partial charge is 0.407 e. The van der Waals surface area contributed by atoms with Gasteiger partial charge in [0.25, 0.3) is 0 Å². The zero-order valence-electron chi connectivity index (χ0n) is 13.4. The highest BCUT2D eigenvalue weighted by Crippen LogP contribution is 2.16. The lowest BCUT2D eigenvalue weighted by molar-refractivity contribution is 0.0504. The third-order valence-electron chi connectivity index (χ3n) is 2.66. The van der Waals surface area contributed by atoms with E-state index in [1.807, 2.05) is 27.7 Å². The number of hydrogen-bond donors (Lipinski definition) is 2. The van der Waals surface area contributed by atoms with Gasteiger partial charge in [-0.05, 0) is 33.3 Å². The van der Waals surface area contributed by atoms with E-state index in [2.05, 4.69) is 22.1 Å². The molecule has 0 aliphatic carbocycles. The maximum absolute atomic E-state index is 11.7. The van der Waals surface area contributed by atoms with E-state index in [0.29, 0.717) is 17.0 Å². The fourth-order valence-corrected chi connectivity index (χ4v) is 1.73. The zero-order valence-corrected chi connectivity index (χ0v) is 14.1. The van der Waals surface area contributed by atoms with Gasteiger partial charge < -0.3 is 15.8 Å². The van der Waals surface area contributed by atoms with Gasteiger partial charge in [-0.1, -0.05) is 30.4 Å². The predicted molar refractivity (Wildman–Crippen MR) is 88.6 cm³/mol. The molecule has 0 bridgehead atoms. The van der Waals surface area contributed by atoms with Gasteiger partial charge in [-0.3, -0.25) is 0 Å². The Balaban J connectivity index is 2.59. The number of aromatic nitrogens is 1. The van der Waals surface area contributed by atoms with E-state index >= 15 is 0 Å². The van der Waals surface area contributed by atoms with Crippen molar-refractivity contribution in [2.45, 2.75) is 52.2 Å². The molecular formula is C16H22ClN3O2. The van der Waals surface area contributed by atoms with Gasteiger partial charge in [-0.25, -0.2) is 9.78 Å². The lowest BCUT2D eigenvalue weighted by Gasteiger charge is -2.22. The summed E-state index contributed by atoms with van der Waals surface area (Å²) in [5.74, 6) is 6.24. The van der Waals surface area contributed by atoms with Crippen LogP contribution in [0.1, 0.15) is 46.1 Å². The van der Waals surface area contributed by atoms with E-state index in [4.69, 9.17) is 22.1 Å². The molecule has 22 heavy (non-hydrogen) atoms. The number of pyridine rings is 1. The van der Waals surface area contributed by atoms with Crippen LogP contribution >= 0.6 is 11.6 Å². The molecule has 0 aliphatic rings. The van der Waals surface area contributed by atoms with E-state index in [-0.39, 0.29) is 11.9 Å². The van der Waals surface area contributed by atoms with E-state index in [0.717, 1.165) is 6.42 Å². The molecule has 0 unspecified atom stereocenters.